The fourth-order valence-corrected chi connectivity index (χ4v) is 4.11. The number of amides is 2. The Labute approximate surface area is 171 Å². The predicted molar refractivity (Wildman–Crippen MR) is 110 cm³/mol. The Morgan fingerprint density at radius 3 is 2.38 bits per heavy atom. The molecule has 152 valence electrons. The molecule has 0 saturated carbocycles. The van der Waals surface area contributed by atoms with E-state index in [1.807, 2.05) is 53.4 Å². The van der Waals surface area contributed by atoms with Crippen molar-refractivity contribution in [2.45, 2.75) is 31.7 Å². The average Bonchev–Trinajstić information content (AvgIpc) is 3.42. The Morgan fingerprint density at radius 1 is 1.00 bits per heavy atom. The topological polar surface area (TPSA) is 59.1 Å². The summed E-state index contributed by atoms with van der Waals surface area (Å²) in [7, 11) is 1.65. The number of hydrogen-bond donors (Lipinski definition) is 0. The molecule has 1 atom stereocenters. The van der Waals surface area contributed by atoms with Crippen LogP contribution < -0.4 is 14.4 Å². The van der Waals surface area contributed by atoms with Crippen LogP contribution in [0.25, 0.3) is 0 Å². The van der Waals surface area contributed by atoms with Crippen molar-refractivity contribution in [1.82, 2.24) is 4.90 Å². The summed E-state index contributed by atoms with van der Waals surface area (Å²) in [5.74, 6) is 1.59. The summed E-state index contributed by atoms with van der Waals surface area (Å²) in [6, 6.07) is 15.4. The van der Waals surface area contributed by atoms with Crippen LogP contribution in [-0.4, -0.2) is 43.5 Å². The third-order valence-electron chi connectivity index (χ3n) is 5.66. The first kappa shape index (κ1) is 19.3. The van der Waals surface area contributed by atoms with Gasteiger partial charge in [-0.2, -0.15) is 0 Å². The molecule has 0 spiro atoms. The van der Waals surface area contributed by atoms with Crippen LogP contribution in [0.3, 0.4) is 0 Å². The highest BCUT2D eigenvalue weighted by Gasteiger charge is 2.30. The number of rotatable bonds is 6. The second kappa shape index (κ2) is 8.55. The molecule has 2 aromatic carbocycles. The third-order valence-corrected chi connectivity index (χ3v) is 5.66. The Bertz CT molecular complexity index is 863. The van der Waals surface area contributed by atoms with Gasteiger partial charge >= 0.3 is 0 Å². The summed E-state index contributed by atoms with van der Waals surface area (Å²) in [4.78, 5) is 28.3. The van der Waals surface area contributed by atoms with Gasteiger partial charge in [-0.3, -0.25) is 9.59 Å². The fraction of sp³-hybridized carbons (Fsp3) is 0.391. The molecule has 2 aliphatic rings. The van der Waals surface area contributed by atoms with Crippen molar-refractivity contribution in [3.63, 3.8) is 0 Å². The second-order valence-electron chi connectivity index (χ2n) is 7.45. The SMILES string of the molecule is COc1ccc(C2CCCN2C(=O)COc2ccc(N3CCCC3=O)cc2)cc1. The molecule has 1 unspecified atom stereocenters. The first-order valence-electron chi connectivity index (χ1n) is 10.1. The molecule has 0 aromatic heterocycles. The molecule has 2 saturated heterocycles. The maximum atomic E-state index is 12.8. The molecular formula is C23H26N2O4. The van der Waals surface area contributed by atoms with Gasteiger partial charge in [0, 0.05) is 25.2 Å². The van der Waals surface area contributed by atoms with E-state index in [9.17, 15) is 9.59 Å². The number of nitrogens with zero attached hydrogens (tertiary/aromatic N) is 2. The van der Waals surface area contributed by atoms with Gasteiger partial charge in [0.2, 0.25) is 5.91 Å². The average molecular weight is 394 g/mol. The van der Waals surface area contributed by atoms with E-state index in [1.54, 1.807) is 12.0 Å². The minimum Gasteiger partial charge on any atom is -0.497 e. The number of carbonyl (C=O) groups is 2. The van der Waals surface area contributed by atoms with Crippen LogP contribution in [-0.2, 0) is 9.59 Å². The largest absolute Gasteiger partial charge is 0.497 e. The summed E-state index contributed by atoms with van der Waals surface area (Å²) in [6.07, 6.45) is 3.45. The maximum absolute atomic E-state index is 12.8. The first-order valence-corrected chi connectivity index (χ1v) is 10.1. The van der Waals surface area contributed by atoms with E-state index >= 15 is 0 Å². The number of hydrogen-bond acceptors (Lipinski definition) is 4. The van der Waals surface area contributed by atoms with Crippen LogP contribution in [0.5, 0.6) is 11.5 Å². The van der Waals surface area contributed by atoms with Gasteiger partial charge in [0.05, 0.1) is 13.2 Å². The quantitative estimate of drug-likeness (QED) is 0.752. The minimum atomic E-state index is -0.0119. The van der Waals surface area contributed by atoms with Crippen molar-refractivity contribution in [2.75, 3.05) is 31.7 Å². The highest BCUT2D eigenvalue weighted by Crippen LogP contribution is 2.33. The summed E-state index contributed by atoms with van der Waals surface area (Å²) in [5.41, 5.74) is 2.00. The molecule has 6 nitrogen and oxygen atoms in total. The van der Waals surface area contributed by atoms with E-state index in [-0.39, 0.29) is 24.5 Å². The normalized spacial score (nSPS) is 18.9. The molecule has 0 aliphatic carbocycles. The van der Waals surface area contributed by atoms with Crippen LogP contribution >= 0.6 is 0 Å². The number of methoxy groups -OCH3 is 1. The monoisotopic (exact) mass is 394 g/mol. The maximum Gasteiger partial charge on any atom is 0.261 e. The van der Waals surface area contributed by atoms with Crippen molar-refractivity contribution in [2.24, 2.45) is 0 Å². The van der Waals surface area contributed by atoms with Crippen LogP contribution in [0.2, 0.25) is 0 Å². The van der Waals surface area contributed by atoms with Gasteiger partial charge < -0.3 is 19.3 Å². The molecular weight excluding hydrogens is 368 g/mol. The molecule has 29 heavy (non-hydrogen) atoms. The van der Waals surface area contributed by atoms with Crippen molar-refractivity contribution in [3.05, 3.63) is 54.1 Å². The van der Waals surface area contributed by atoms with Crippen LogP contribution in [0.4, 0.5) is 5.69 Å². The lowest BCUT2D eigenvalue weighted by Crippen LogP contribution is -2.34. The van der Waals surface area contributed by atoms with Gasteiger partial charge in [0.1, 0.15) is 11.5 Å². The zero-order valence-corrected chi connectivity index (χ0v) is 16.7. The molecule has 0 bridgehead atoms. The number of likely N-dealkylation sites (tertiary alicyclic amines) is 1. The zero-order chi connectivity index (χ0) is 20.2. The molecule has 0 N–H and O–H groups in total. The lowest BCUT2D eigenvalue weighted by Gasteiger charge is -2.25. The molecule has 2 aromatic rings. The van der Waals surface area contributed by atoms with Crippen molar-refractivity contribution >= 4 is 17.5 Å². The van der Waals surface area contributed by atoms with Crippen LogP contribution in [0.15, 0.2) is 48.5 Å². The molecule has 0 radical (unpaired) electrons. The molecule has 4 rings (SSSR count). The first-order chi connectivity index (χ1) is 14.2. The predicted octanol–water partition coefficient (Wildman–Crippen LogP) is 3.56. The zero-order valence-electron chi connectivity index (χ0n) is 16.7. The Kier molecular flexibility index (Phi) is 5.69. The lowest BCUT2D eigenvalue weighted by molar-refractivity contribution is -0.134. The van der Waals surface area contributed by atoms with E-state index < -0.39 is 0 Å². The van der Waals surface area contributed by atoms with E-state index in [1.165, 1.54) is 0 Å². The fourth-order valence-electron chi connectivity index (χ4n) is 4.11. The van der Waals surface area contributed by atoms with Gasteiger partial charge in [-0.25, -0.2) is 0 Å². The Balaban J connectivity index is 1.35. The highest BCUT2D eigenvalue weighted by molar-refractivity contribution is 5.95. The number of ether oxygens (including phenoxy) is 2. The van der Waals surface area contributed by atoms with Gasteiger partial charge in [0.15, 0.2) is 6.61 Å². The molecule has 2 heterocycles. The number of carbonyl (C=O) groups excluding carboxylic acids is 2. The standard InChI is InChI=1S/C23H26N2O4/c1-28-19-10-6-17(7-11-19)21-4-2-15-25(21)23(27)16-29-20-12-8-18(9-13-20)24-14-3-5-22(24)26/h6-13,21H,2-5,14-16H2,1H3. The molecule has 2 amide bonds. The number of anilines is 1. The van der Waals surface area contributed by atoms with Crippen LogP contribution in [0.1, 0.15) is 37.3 Å². The molecule has 2 fully saturated rings. The van der Waals surface area contributed by atoms with E-state index in [0.717, 1.165) is 49.4 Å². The second-order valence-corrected chi connectivity index (χ2v) is 7.45. The Morgan fingerprint density at radius 2 is 1.72 bits per heavy atom. The summed E-state index contributed by atoms with van der Waals surface area (Å²) in [6.45, 7) is 1.52. The van der Waals surface area contributed by atoms with Crippen molar-refractivity contribution in [1.29, 1.82) is 0 Å². The summed E-state index contributed by atoms with van der Waals surface area (Å²) >= 11 is 0. The smallest absolute Gasteiger partial charge is 0.261 e. The minimum absolute atomic E-state index is 0.00858. The van der Waals surface area contributed by atoms with E-state index in [2.05, 4.69) is 0 Å². The van der Waals surface area contributed by atoms with E-state index in [4.69, 9.17) is 9.47 Å². The Hall–Kier alpha value is -3.02. The highest BCUT2D eigenvalue weighted by atomic mass is 16.5. The van der Waals surface area contributed by atoms with Gasteiger partial charge in [-0.15, -0.1) is 0 Å². The van der Waals surface area contributed by atoms with Gasteiger partial charge in [-0.05, 0) is 61.2 Å². The van der Waals surface area contributed by atoms with Crippen molar-refractivity contribution < 1.29 is 19.1 Å². The van der Waals surface area contributed by atoms with Crippen molar-refractivity contribution in [3.8, 4) is 11.5 Å². The van der Waals surface area contributed by atoms with Gasteiger partial charge in [0.25, 0.3) is 5.91 Å². The number of benzene rings is 2. The van der Waals surface area contributed by atoms with E-state index in [0.29, 0.717) is 12.2 Å². The lowest BCUT2D eigenvalue weighted by atomic mass is 10.0. The molecule has 6 heteroatoms. The third kappa shape index (κ3) is 4.21. The summed E-state index contributed by atoms with van der Waals surface area (Å²) < 4.78 is 10.9. The van der Waals surface area contributed by atoms with Crippen LogP contribution in [0, 0.1) is 0 Å². The molecule has 2 aliphatic heterocycles. The summed E-state index contributed by atoms with van der Waals surface area (Å²) in [5, 5.41) is 0. The van der Waals surface area contributed by atoms with Gasteiger partial charge in [-0.1, -0.05) is 12.1 Å².